The third-order valence-corrected chi connectivity index (χ3v) is 4.12. The van der Waals surface area contributed by atoms with E-state index in [0.29, 0.717) is 33.8 Å². The van der Waals surface area contributed by atoms with E-state index >= 15 is 0 Å². The van der Waals surface area contributed by atoms with E-state index in [1.54, 1.807) is 14.0 Å². The highest BCUT2D eigenvalue weighted by molar-refractivity contribution is 7.98. The zero-order valence-electron chi connectivity index (χ0n) is 11.3. The zero-order chi connectivity index (χ0) is 14.5. The zero-order valence-corrected chi connectivity index (χ0v) is 12.8. The molecule has 0 aliphatic rings. The van der Waals surface area contributed by atoms with Crippen molar-refractivity contribution in [3.63, 3.8) is 0 Å². The summed E-state index contributed by atoms with van der Waals surface area (Å²) < 4.78 is 5.05. The van der Waals surface area contributed by atoms with Crippen molar-refractivity contribution >= 4 is 23.4 Å². The first kappa shape index (κ1) is 15.1. The van der Waals surface area contributed by atoms with Gasteiger partial charge in [-0.3, -0.25) is 4.79 Å². The monoisotopic (exact) mass is 310 g/mol. The van der Waals surface area contributed by atoms with Gasteiger partial charge in [0, 0.05) is 23.4 Å². The number of nitrogens with zero attached hydrogens (tertiary/aromatic N) is 1. The molecule has 0 radical (unpaired) electrons. The molecule has 0 bridgehead atoms. The van der Waals surface area contributed by atoms with Crippen LogP contribution in [0.25, 0.3) is 0 Å². The summed E-state index contributed by atoms with van der Waals surface area (Å²) >= 11 is 7.55. The molecule has 6 heteroatoms. The maximum atomic E-state index is 11.8. The standard InChI is InChI=1S/C14H15ClN2O2S/c1-9-12(7-19-2)16-14(17-13(9)18)20-8-10-5-3-4-6-11(10)15/h3-6H,7-8H2,1-2H3,(H,16,17,18). The van der Waals surface area contributed by atoms with Crippen LogP contribution in [0.3, 0.4) is 0 Å². The van der Waals surface area contributed by atoms with Crippen molar-refractivity contribution in [3.05, 3.63) is 56.5 Å². The van der Waals surface area contributed by atoms with Crippen molar-refractivity contribution in [2.24, 2.45) is 0 Å². The summed E-state index contributed by atoms with van der Waals surface area (Å²) in [6, 6.07) is 7.62. The number of halogens is 1. The molecule has 0 saturated heterocycles. The van der Waals surface area contributed by atoms with Gasteiger partial charge in [0.2, 0.25) is 0 Å². The molecule has 2 rings (SSSR count). The largest absolute Gasteiger partial charge is 0.378 e. The molecule has 0 amide bonds. The summed E-state index contributed by atoms with van der Waals surface area (Å²) in [4.78, 5) is 19.0. The molecule has 1 aromatic heterocycles. The average Bonchev–Trinajstić information content (AvgIpc) is 2.43. The topological polar surface area (TPSA) is 55.0 Å². The Morgan fingerprint density at radius 2 is 2.15 bits per heavy atom. The van der Waals surface area contributed by atoms with Crippen molar-refractivity contribution < 1.29 is 4.74 Å². The normalized spacial score (nSPS) is 10.8. The second-order valence-corrected chi connectivity index (χ2v) is 5.63. The second kappa shape index (κ2) is 6.92. The third kappa shape index (κ3) is 3.62. The lowest BCUT2D eigenvalue weighted by atomic mass is 10.2. The lowest BCUT2D eigenvalue weighted by Gasteiger charge is -2.07. The Morgan fingerprint density at radius 3 is 2.85 bits per heavy atom. The minimum atomic E-state index is -0.131. The molecule has 0 spiro atoms. The average molecular weight is 311 g/mol. The lowest BCUT2D eigenvalue weighted by molar-refractivity contribution is 0.180. The smallest absolute Gasteiger partial charge is 0.254 e. The molecular weight excluding hydrogens is 296 g/mol. The highest BCUT2D eigenvalue weighted by Gasteiger charge is 2.08. The van der Waals surface area contributed by atoms with Crippen LogP contribution in [0, 0.1) is 6.92 Å². The molecule has 0 aliphatic carbocycles. The van der Waals surface area contributed by atoms with E-state index in [-0.39, 0.29) is 5.56 Å². The molecule has 4 nitrogen and oxygen atoms in total. The fourth-order valence-corrected chi connectivity index (χ4v) is 2.83. The van der Waals surface area contributed by atoms with Gasteiger partial charge in [-0.1, -0.05) is 41.6 Å². The quantitative estimate of drug-likeness (QED) is 0.681. The number of rotatable bonds is 5. The van der Waals surface area contributed by atoms with Crippen molar-refractivity contribution in [2.45, 2.75) is 24.4 Å². The minimum Gasteiger partial charge on any atom is -0.378 e. The van der Waals surface area contributed by atoms with Gasteiger partial charge in [-0.15, -0.1) is 0 Å². The number of nitrogens with one attached hydrogen (secondary N) is 1. The number of methoxy groups -OCH3 is 1. The van der Waals surface area contributed by atoms with Crippen LogP contribution in [0.2, 0.25) is 5.02 Å². The number of hydrogen-bond acceptors (Lipinski definition) is 4. The van der Waals surface area contributed by atoms with Crippen molar-refractivity contribution in [1.29, 1.82) is 0 Å². The number of ether oxygens (including phenoxy) is 1. The predicted octanol–water partition coefficient (Wildman–Crippen LogP) is 3.17. The van der Waals surface area contributed by atoms with Gasteiger partial charge in [0.15, 0.2) is 5.16 Å². The second-order valence-electron chi connectivity index (χ2n) is 4.26. The van der Waals surface area contributed by atoms with Crippen molar-refractivity contribution in [2.75, 3.05) is 7.11 Å². The lowest BCUT2D eigenvalue weighted by Crippen LogP contribution is -2.16. The van der Waals surface area contributed by atoms with Crippen LogP contribution in [0.15, 0.2) is 34.2 Å². The van der Waals surface area contributed by atoms with Crippen LogP contribution in [0.5, 0.6) is 0 Å². The van der Waals surface area contributed by atoms with E-state index < -0.39 is 0 Å². The summed E-state index contributed by atoms with van der Waals surface area (Å²) in [5, 5.41) is 1.29. The Balaban J connectivity index is 2.18. The fraction of sp³-hybridized carbons (Fsp3) is 0.286. The molecule has 1 heterocycles. The summed E-state index contributed by atoms with van der Waals surface area (Å²) in [5.74, 6) is 0.651. The van der Waals surface area contributed by atoms with Crippen LogP contribution >= 0.6 is 23.4 Å². The molecule has 0 aliphatic heterocycles. The molecule has 0 saturated carbocycles. The van der Waals surface area contributed by atoms with Crippen LogP contribution in [0.1, 0.15) is 16.8 Å². The van der Waals surface area contributed by atoms with Gasteiger partial charge >= 0.3 is 0 Å². The van der Waals surface area contributed by atoms with E-state index in [2.05, 4.69) is 9.97 Å². The Morgan fingerprint density at radius 1 is 1.40 bits per heavy atom. The van der Waals surface area contributed by atoms with Gasteiger partial charge in [-0.05, 0) is 18.6 Å². The molecule has 0 fully saturated rings. The van der Waals surface area contributed by atoms with Gasteiger partial charge in [0.25, 0.3) is 5.56 Å². The third-order valence-electron chi connectivity index (χ3n) is 2.83. The molecular formula is C14H15ClN2O2S. The number of thioether (sulfide) groups is 1. The molecule has 20 heavy (non-hydrogen) atoms. The van der Waals surface area contributed by atoms with E-state index in [0.717, 1.165) is 5.56 Å². The molecule has 106 valence electrons. The number of benzene rings is 1. The van der Waals surface area contributed by atoms with Gasteiger partial charge in [-0.25, -0.2) is 4.98 Å². The highest BCUT2D eigenvalue weighted by Crippen LogP contribution is 2.24. The van der Waals surface area contributed by atoms with E-state index in [1.165, 1.54) is 11.8 Å². The predicted molar refractivity (Wildman–Crippen MR) is 81.3 cm³/mol. The highest BCUT2D eigenvalue weighted by atomic mass is 35.5. The summed E-state index contributed by atoms with van der Waals surface area (Å²) in [6.07, 6.45) is 0. The van der Waals surface area contributed by atoms with E-state index in [9.17, 15) is 4.79 Å². The number of aromatic amines is 1. The Kier molecular flexibility index (Phi) is 5.23. The van der Waals surface area contributed by atoms with Gasteiger partial charge < -0.3 is 9.72 Å². The first-order valence-corrected chi connectivity index (χ1v) is 7.43. The maximum absolute atomic E-state index is 11.8. The molecule has 2 aromatic rings. The number of aromatic nitrogens is 2. The minimum absolute atomic E-state index is 0.131. The number of H-pyrrole nitrogens is 1. The Hall–Kier alpha value is -1.30. The molecule has 0 unspecified atom stereocenters. The fourth-order valence-electron chi connectivity index (χ4n) is 1.66. The maximum Gasteiger partial charge on any atom is 0.254 e. The van der Waals surface area contributed by atoms with Crippen LogP contribution in [-0.2, 0) is 17.1 Å². The molecule has 0 atom stereocenters. The SMILES string of the molecule is COCc1nc(SCc2ccccc2Cl)[nH]c(=O)c1C. The van der Waals surface area contributed by atoms with Crippen LogP contribution in [0.4, 0.5) is 0 Å². The molecule has 1 aromatic carbocycles. The first-order valence-electron chi connectivity index (χ1n) is 6.06. The van der Waals surface area contributed by atoms with E-state index in [1.807, 2.05) is 24.3 Å². The van der Waals surface area contributed by atoms with Gasteiger partial charge in [0.05, 0.1) is 12.3 Å². The first-order chi connectivity index (χ1) is 9.61. The van der Waals surface area contributed by atoms with Crippen LogP contribution in [-0.4, -0.2) is 17.1 Å². The van der Waals surface area contributed by atoms with Crippen molar-refractivity contribution in [1.82, 2.24) is 9.97 Å². The number of hydrogen-bond donors (Lipinski definition) is 1. The summed E-state index contributed by atoms with van der Waals surface area (Å²) in [6.45, 7) is 2.07. The Labute approximate surface area is 126 Å². The Bertz CT molecular complexity index is 658. The van der Waals surface area contributed by atoms with Crippen LogP contribution < -0.4 is 5.56 Å². The van der Waals surface area contributed by atoms with Gasteiger partial charge in [0.1, 0.15) is 0 Å². The summed E-state index contributed by atoms with van der Waals surface area (Å²) in [5.41, 5.74) is 2.14. The summed E-state index contributed by atoms with van der Waals surface area (Å²) in [7, 11) is 1.58. The van der Waals surface area contributed by atoms with Gasteiger partial charge in [-0.2, -0.15) is 0 Å². The molecule has 1 N–H and O–H groups in total. The van der Waals surface area contributed by atoms with Crippen molar-refractivity contribution in [3.8, 4) is 0 Å². The van der Waals surface area contributed by atoms with E-state index in [4.69, 9.17) is 16.3 Å².